The van der Waals surface area contributed by atoms with Crippen LogP contribution in [0.25, 0.3) is 0 Å². The predicted octanol–water partition coefficient (Wildman–Crippen LogP) is 1.57. The molecule has 0 unspecified atom stereocenters. The maximum absolute atomic E-state index is 12.1. The van der Waals surface area contributed by atoms with E-state index < -0.39 is 54.5 Å². The Bertz CT molecular complexity index is 1020. The number of esters is 4. The first-order valence-corrected chi connectivity index (χ1v) is 12.7. The van der Waals surface area contributed by atoms with E-state index in [0.717, 1.165) is 24.8 Å². The monoisotopic (exact) mass is 551 g/mol. The highest BCUT2D eigenvalue weighted by Gasteiger charge is 2.52. The van der Waals surface area contributed by atoms with Crippen molar-refractivity contribution < 1.29 is 42.9 Å². The van der Waals surface area contributed by atoms with Crippen LogP contribution in [0, 0.1) is 0 Å². The van der Waals surface area contributed by atoms with Crippen molar-refractivity contribution in [1.82, 2.24) is 15.2 Å². The summed E-state index contributed by atoms with van der Waals surface area (Å²) in [5.74, 6) is -2.67. The van der Waals surface area contributed by atoms with E-state index in [1.165, 1.54) is 27.7 Å². The van der Waals surface area contributed by atoms with E-state index in [1.807, 2.05) is 17.0 Å². The molecule has 0 saturated carbocycles. The summed E-state index contributed by atoms with van der Waals surface area (Å²) < 4.78 is 27.6. The van der Waals surface area contributed by atoms with Crippen LogP contribution in [-0.2, 0) is 42.9 Å². The minimum absolute atomic E-state index is 0.0388. The van der Waals surface area contributed by atoms with E-state index in [9.17, 15) is 19.2 Å². The zero-order valence-electron chi connectivity index (χ0n) is 21.8. The summed E-state index contributed by atoms with van der Waals surface area (Å²) >= 11 is 5.76. The molecule has 2 aliphatic heterocycles. The molecule has 1 N–H and O–H groups in total. The second kappa shape index (κ2) is 13.5. The second-order valence-electron chi connectivity index (χ2n) is 9.06. The molecule has 12 nitrogen and oxygen atoms in total. The van der Waals surface area contributed by atoms with E-state index in [1.54, 1.807) is 12.4 Å². The van der Waals surface area contributed by atoms with Crippen LogP contribution < -0.4 is 5.32 Å². The van der Waals surface area contributed by atoms with Gasteiger partial charge in [-0.2, -0.15) is 0 Å². The Morgan fingerprint density at radius 2 is 1.66 bits per heavy atom. The zero-order chi connectivity index (χ0) is 27.8. The molecule has 6 atom stereocenters. The largest absolute Gasteiger partial charge is 0.463 e. The lowest BCUT2D eigenvalue weighted by Gasteiger charge is -2.46. The Kier molecular flexibility index (Phi) is 10.4. The summed E-state index contributed by atoms with van der Waals surface area (Å²) in [5.41, 5.74) is 0.998. The lowest BCUT2D eigenvalue weighted by molar-refractivity contribution is -0.255. The van der Waals surface area contributed by atoms with Crippen LogP contribution in [-0.4, -0.2) is 82.7 Å². The van der Waals surface area contributed by atoms with Gasteiger partial charge in [-0.3, -0.25) is 24.2 Å². The van der Waals surface area contributed by atoms with Crippen molar-refractivity contribution in [3.05, 3.63) is 30.1 Å². The number of carbonyl (C=O) groups is 4. The van der Waals surface area contributed by atoms with Crippen molar-refractivity contribution in [1.29, 1.82) is 0 Å². The topological polar surface area (TPSA) is 143 Å². The summed E-state index contributed by atoms with van der Waals surface area (Å²) in [6, 6.07) is 3.80. The number of hydrogen-bond acceptors (Lipinski definition) is 11. The Morgan fingerprint density at radius 1 is 1.00 bits per heavy atom. The minimum Gasteiger partial charge on any atom is -0.463 e. The fourth-order valence-electron chi connectivity index (χ4n) is 4.64. The number of ether oxygens (including phenoxy) is 5. The quantitative estimate of drug-likeness (QED) is 0.298. The molecule has 0 aliphatic carbocycles. The average molecular weight is 552 g/mol. The van der Waals surface area contributed by atoms with Gasteiger partial charge in [-0.05, 0) is 43.1 Å². The van der Waals surface area contributed by atoms with Gasteiger partial charge in [0.25, 0.3) is 0 Å². The lowest BCUT2D eigenvalue weighted by atomic mass is 9.96. The van der Waals surface area contributed by atoms with E-state index in [0.29, 0.717) is 11.7 Å². The van der Waals surface area contributed by atoms with Crippen molar-refractivity contribution in [2.75, 3.05) is 13.2 Å². The third-order valence-electron chi connectivity index (χ3n) is 6.09. The summed E-state index contributed by atoms with van der Waals surface area (Å²) in [5, 5.41) is 3.42. The van der Waals surface area contributed by atoms with Gasteiger partial charge in [0.2, 0.25) is 0 Å². The third-order valence-corrected chi connectivity index (χ3v) is 6.44. The molecule has 13 heteroatoms. The number of hydrogen-bond donors (Lipinski definition) is 1. The van der Waals surface area contributed by atoms with Crippen LogP contribution in [0.15, 0.2) is 24.5 Å². The molecular formula is C25H33N3O9S. The van der Waals surface area contributed by atoms with Crippen LogP contribution in [0.5, 0.6) is 0 Å². The van der Waals surface area contributed by atoms with Crippen molar-refractivity contribution >= 4 is 41.2 Å². The number of carbonyl (C=O) groups excluding carboxylic acids is 4. The number of thiocarbonyl (C=S) groups is 1. The molecule has 38 heavy (non-hydrogen) atoms. The van der Waals surface area contributed by atoms with Crippen molar-refractivity contribution in [2.45, 2.75) is 83.6 Å². The average Bonchev–Trinajstić information content (AvgIpc) is 2.86. The van der Waals surface area contributed by atoms with Gasteiger partial charge >= 0.3 is 23.9 Å². The first-order valence-electron chi connectivity index (χ1n) is 12.3. The highest BCUT2D eigenvalue weighted by Crippen LogP contribution is 2.32. The Labute approximate surface area is 226 Å². The Morgan fingerprint density at radius 3 is 2.26 bits per heavy atom. The van der Waals surface area contributed by atoms with Gasteiger partial charge in [0, 0.05) is 46.6 Å². The van der Waals surface area contributed by atoms with Crippen molar-refractivity contribution in [3.63, 3.8) is 0 Å². The molecule has 208 valence electrons. The maximum atomic E-state index is 12.1. The van der Waals surface area contributed by atoms with Gasteiger partial charge in [-0.1, -0.05) is 6.07 Å². The van der Waals surface area contributed by atoms with Gasteiger partial charge in [0.15, 0.2) is 29.7 Å². The van der Waals surface area contributed by atoms with Crippen molar-refractivity contribution in [2.24, 2.45) is 0 Å². The van der Waals surface area contributed by atoms with Gasteiger partial charge in [0.1, 0.15) is 12.7 Å². The highest BCUT2D eigenvalue weighted by atomic mass is 32.1. The van der Waals surface area contributed by atoms with Gasteiger partial charge in [0.05, 0.1) is 6.04 Å². The van der Waals surface area contributed by atoms with Crippen molar-refractivity contribution in [3.8, 4) is 0 Å². The number of aromatic nitrogens is 1. The summed E-state index contributed by atoms with van der Waals surface area (Å²) in [7, 11) is 0. The molecule has 3 heterocycles. The number of likely N-dealkylation sites (tertiary alicyclic amines) is 1. The van der Waals surface area contributed by atoms with E-state index in [-0.39, 0.29) is 12.6 Å². The molecule has 0 bridgehead atoms. The smallest absolute Gasteiger partial charge is 0.303 e. The highest BCUT2D eigenvalue weighted by molar-refractivity contribution is 7.80. The molecular weight excluding hydrogens is 518 g/mol. The summed E-state index contributed by atoms with van der Waals surface area (Å²) in [6.07, 6.45) is 0.338. The SMILES string of the molecule is CC(=O)OC[C@H]1O[C@@H](NC(=S)N2CCCC[C@@H]2c2cccnc2)[C@@H](OC(C)=O)[C@H](OC(C)=O)[C@@H]1OC(C)=O. The van der Waals surface area contributed by atoms with Crippen LogP contribution in [0.1, 0.15) is 58.6 Å². The van der Waals surface area contributed by atoms with E-state index in [4.69, 9.17) is 35.9 Å². The summed E-state index contributed by atoms with van der Waals surface area (Å²) in [4.78, 5) is 53.8. The van der Waals surface area contributed by atoms with Gasteiger partial charge < -0.3 is 33.9 Å². The van der Waals surface area contributed by atoms with Crippen LogP contribution in [0.2, 0.25) is 0 Å². The molecule has 0 aromatic carbocycles. The number of piperidine rings is 1. The molecule has 0 amide bonds. The van der Waals surface area contributed by atoms with E-state index >= 15 is 0 Å². The molecule has 0 spiro atoms. The van der Waals surface area contributed by atoms with E-state index in [2.05, 4.69) is 10.3 Å². The Balaban J connectivity index is 1.92. The summed E-state index contributed by atoms with van der Waals surface area (Å²) in [6.45, 7) is 5.10. The number of rotatable bonds is 7. The first kappa shape index (κ1) is 29.2. The second-order valence-corrected chi connectivity index (χ2v) is 9.45. The first-order chi connectivity index (χ1) is 18.1. The minimum atomic E-state index is -1.27. The van der Waals surface area contributed by atoms with Crippen LogP contribution in [0.4, 0.5) is 0 Å². The molecule has 2 fully saturated rings. The third kappa shape index (κ3) is 7.84. The fraction of sp³-hybridized carbons (Fsp3) is 0.600. The standard InChI is InChI=1S/C25H33N3O9S/c1-14(29)33-13-20-21(34-15(2)30)22(35-16(3)31)23(36-17(4)32)24(37-20)27-25(38)28-11-6-5-9-19(28)18-8-7-10-26-12-18/h7-8,10,12,19-24H,5-6,9,11,13H2,1-4H3,(H,27,38)/t19-,20-,21-,22-,23+,24-/m1/s1. The molecule has 3 rings (SSSR count). The maximum Gasteiger partial charge on any atom is 0.303 e. The number of pyridine rings is 1. The lowest BCUT2D eigenvalue weighted by Crippen LogP contribution is -2.67. The molecule has 2 saturated heterocycles. The van der Waals surface area contributed by atoms with Gasteiger partial charge in [-0.25, -0.2) is 0 Å². The van der Waals surface area contributed by atoms with Gasteiger partial charge in [-0.15, -0.1) is 0 Å². The zero-order valence-corrected chi connectivity index (χ0v) is 22.6. The number of nitrogens with one attached hydrogen (secondary N) is 1. The normalized spacial score (nSPS) is 27.0. The molecule has 1 aromatic heterocycles. The fourth-order valence-corrected chi connectivity index (χ4v) is 4.98. The van der Waals surface area contributed by atoms with Crippen LogP contribution >= 0.6 is 12.2 Å². The predicted molar refractivity (Wildman–Crippen MR) is 135 cm³/mol. The molecule has 0 radical (unpaired) electrons. The van der Waals surface area contributed by atoms with Crippen LogP contribution in [0.3, 0.4) is 0 Å². The Hall–Kier alpha value is -3.32. The molecule has 2 aliphatic rings. The molecule has 1 aromatic rings. The number of nitrogens with zero attached hydrogens (tertiary/aromatic N) is 2.